The molecule has 108 valence electrons. The van der Waals surface area contributed by atoms with Crippen LogP contribution in [-0.2, 0) is 36.0 Å². The summed E-state index contributed by atoms with van der Waals surface area (Å²) in [5.41, 5.74) is 2.11. The maximum Gasteiger partial charge on any atom is 0.216 e. The van der Waals surface area contributed by atoms with Crippen LogP contribution in [0.25, 0.3) is 0 Å². The van der Waals surface area contributed by atoms with Gasteiger partial charge in [0.15, 0.2) is 0 Å². The summed E-state index contributed by atoms with van der Waals surface area (Å²) in [6.07, 6.45) is 1.76. The zero-order chi connectivity index (χ0) is 14.6. The van der Waals surface area contributed by atoms with Crippen LogP contribution in [-0.4, -0.2) is 23.3 Å². The van der Waals surface area contributed by atoms with E-state index in [0.717, 1.165) is 5.56 Å². The Kier molecular flexibility index (Phi) is 4.53. The van der Waals surface area contributed by atoms with Gasteiger partial charge in [0, 0.05) is 13.2 Å². The predicted octanol–water partition coefficient (Wildman–Crippen LogP) is 0.532. The Labute approximate surface area is 118 Å². The van der Waals surface area contributed by atoms with Crippen LogP contribution in [0.4, 0.5) is 0 Å². The third-order valence-electron chi connectivity index (χ3n) is 2.80. The van der Waals surface area contributed by atoms with E-state index in [0.29, 0.717) is 11.3 Å². The molecular formula is C13H17N3O3S. The molecule has 0 aliphatic carbocycles. The van der Waals surface area contributed by atoms with Crippen LogP contribution in [0.5, 0.6) is 0 Å². The molecule has 7 heteroatoms. The molecule has 1 aromatic carbocycles. The summed E-state index contributed by atoms with van der Waals surface area (Å²) < 4.78 is 28.0. The summed E-state index contributed by atoms with van der Waals surface area (Å²) in [7, 11) is -1.63. The molecule has 0 amide bonds. The molecule has 2 aromatic rings. The van der Waals surface area contributed by atoms with Crippen LogP contribution in [0.1, 0.15) is 16.8 Å². The Morgan fingerprint density at radius 1 is 1.20 bits per heavy atom. The molecule has 0 aliphatic rings. The van der Waals surface area contributed by atoms with E-state index in [1.165, 1.54) is 0 Å². The third kappa shape index (κ3) is 4.16. The van der Waals surface area contributed by atoms with Crippen LogP contribution < -0.4 is 4.72 Å². The minimum Gasteiger partial charge on any atom is -0.392 e. The van der Waals surface area contributed by atoms with E-state index < -0.39 is 10.0 Å². The molecule has 0 spiro atoms. The first-order valence-corrected chi connectivity index (χ1v) is 7.78. The van der Waals surface area contributed by atoms with E-state index >= 15 is 0 Å². The summed E-state index contributed by atoms with van der Waals surface area (Å²) in [5, 5.41) is 13.0. The van der Waals surface area contributed by atoms with E-state index in [9.17, 15) is 8.42 Å². The van der Waals surface area contributed by atoms with Gasteiger partial charge in [-0.3, -0.25) is 4.68 Å². The highest BCUT2D eigenvalue weighted by Crippen LogP contribution is 2.08. The van der Waals surface area contributed by atoms with E-state index in [-0.39, 0.29) is 18.9 Å². The van der Waals surface area contributed by atoms with Gasteiger partial charge in [-0.15, -0.1) is 0 Å². The second kappa shape index (κ2) is 6.17. The molecule has 6 nitrogen and oxygen atoms in total. The van der Waals surface area contributed by atoms with Crippen molar-refractivity contribution < 1.29 is 13.5 Å². The quantitative estimate of drug-likeness (QED) is 0.814. The van der Waals surface area contributed by atoms with Crippen molar-refractivity contribution in [1.82, 2.24) is 14.5 Å². The van der Waals surface area contributed by atoms with Crippen molar-refractivity contribution >= 4 is 10.0 Å². The van der Waals surface area contributed by atoms with E-state index in [4.69, 9.17) is 5.11 Å². The van der Waals surface area contributed by atoms with Crippen molar-refractivity contribution in [3.63, 3.8) is 0 Å². The van der Waals surface area contributed by atoms with Gasteiger partial charge in [-0.2, -0.15) is 5.10 Å². The van der Waals surface area contributed by atoms with Gasteiger partial charge >= 0.3 is 0 Å². The van der Waals surface area contributed by atoms with Crippen molar-refractivity contribution in [2.75, 3.05) is 0 Å². The fourth-order valence-electron chi connectivity index (χ4n) is 1.75. The SMILES string of the molecule is Cn1ccc(CNS(=O)(=O)Cc2ccc(CO)cc2)n1. The lowest BCUT2D eigenvalue weighted by Gasteiger charge is -2.06. The van der Waals surface area contributed by atoms with Crippen LogP contribution in [0, 0.1) is 0 Å². The first-order valence-electron chi connectivity index (χ1n) is 6.13. The molecule has 0 radical (unpaired) electrons. The monoisotopic (exact) mass is 295 g/mol. The summed E-state index contributed by atoms with van der Waals surface area (Å²) in [6, 6.07) is 8.59. The minimum atomic E-state index is -3.40. The number of rotatable bonds is 6. The van der Waals surface area contributed by atoms with Crippen LogP contribution in [0.15, 0.2) is 36.5 Å². The first kappa shape index (κ1) is 14.7. The number of hydrogen-bond donors (Lipinski definition) is 2. The minimum absolute atomic E-state index is 0.0506. The van der Waals surface area contributed by atoms with E-state index in [2.05, 4.69) is 9.82 Å². The highest BCUT2D eigenvalue weighted by atomic mass is 32.2. The highest BCUT2D eigenvalue weighted by Gasteiger charge is 2.12. The number of hydrogen-bond acceptors (Lipinski definition) is 4. The lowest BCUT2D eigenvalue weighted by molar-refractivity contribution is 0.282. The Balaban J connectivity index is 1.96. The maximum atomic E-state index is 11.9. The number of aliphatic hydroxyl groups is 1. The topological polar surface area (TPSA) is 84.2 Å². The van der Waals surface area contributed by atoms with Crippen molar-refractivity contribution in [2.24, 2.45) is 7.05 Å². The van der Waals surface area contributed by atoms with Gasteiger partial charge in [0.25, 0.3) is 0 Å². The summed E-state index contributed by atoms with van der Waals surface area (Å²) in [6.45, 7) is 0.128. The van der Waals surface area contributed by atoms with Gasteiger partial charge in [0.2, 0.25) is 10.0 Å². The fourth-order valence-corrected chi connectivity index (χ4v) is 2.85. The van der Waals surface area contributed by atoms with Crippen LogP contribution in [0.3, 0.4) is 0 Å². The molecule has 1 heterocycles. The van der Waals surface area contributed by atoms with Gasteiger partial charge in [-0.25, -0.2) is 13.1 Å². The van der Waals surface area contributed by atoms with Gasteiger partial charge in [0.05, 0.1) is 24.6 Å². The molecule has 0 atom stereocenters. The normalized spacial score (nSPS) is 11.7. The Bertz CT molecular complexity index is 662. The van der Waals surface area contributed by atoms with Crippen molar-refractivity contribution in [1.29, 1.82) is 0 Å². The van der Waals surface area contributed by atoms with Gasteiger partial charge in [0.1, 0.15) is 0 Å². The molecule has 0 saturated carbocycles. The molecule has 0 saturated heterocycles. The lowest BCUT2D eigenvalue weighted by Crippen LogP contribution is -2.25. The second-order valence-electron chi connectivity index (χ2n) is 4.54. The molecule has 2 rings (SSSR count). The first-order chi connectivity index (χ1) is 9.48. The average molecular weight is 295 g/mol. The molecule has 0 aliphatic heterocycles. The number of aromatic nitrogens is 2. The Morgan fingerprint density at radius 3 is 2.40 bits per heavy atom. The van der Waals surface area contributed by atoms with Crippen LogP contribution >= 0.6 is 0 Å². The lowest BCUT2D eigenvalue weighted by atomic mass is 10.2. The van der Waals surface area contributed by atoms with Crippen LogP contribution in [0.2, 0.25) is 0 Å². The predicted molar refractivity (Wildman–Crippen MR) is 75.0 cm³/mol. The number of sulfonamides is 1. The molecule has 0 unspecified atom stereocenters. The molecule has 2 N–H and O–H groups in total. The molecule has 0 bridgehead atoms. The fraction of sp³-hybridized carbons (Fsp3) is 0.308. The molecular weight excluding hydrogens is 278 g/mol. The van der Waals surface area contributed by atoms with Gasteiger partial charge in [-0.1, -0.05) is 24.3 Å². The summed E-state index contributed by atoms with van der Waals surface area (Å²) in [5.74, 6) is -0.0917. The van der Waals surface area contributed by atoms with E-state index in [1.54, 1.807) is 48.3 Å². The summed E-state index contributed by atoms with van der Waals surface area (Å²) in [4.78, 5) is 0. The third-order valence-corrected chi connectivity index (χ3v) is 4.10. The second-order valence-corrected chi connectivity index (χ2v) is 6.34. The number of nitrogens with zero attached hydrogens (tertiary/aromatic N) is 2. The summed E-state index contributed by atoms with van der Waals surface area (Å²) >= 11 is 0. The number of aryl methyl sites for hydroxylation is 1. The van der Waals surface area contributed by atoms with Gasteiger partial charge < -0.3 is 5.11 Å². The van der Waals surface area contributed by atoms with Crippen molar-refractivity contribution in [3.05, 3.63) is 53.3 Å². The van der Waals surface area contributed by atoms with Crippen molar-refractivity contribution in [2.45, 2.75) is 18.9 Å². The number of nitrogens with one attached hydrogen (secondary N) is 1. The molecule has 1 aromatic heterocycles. The number of benzene rings is 1. The van der Waals surface area contributed by atoms with E-state index in [1.807, 2.05) is 0 Å². The molecule has 20 heavy (non-hydrogen) atoms. The maximum absolute atomic E-state index is 11.9. The Hall–Kier alpha value is -1.70. The largest absolute Gasteiger partial charge is 0.392 e. The van der Waals surface area contributed by atoms with Gasteiger partial charge in [-0.05, 0) is 17.2 Å². The van der Waals surface area contributed by atoms with Crippen molar-refractivity contribution in [3.8, 4) is 0 Å². The highest BCUT2D eigenvalue weighted by molar-refractivity contribution is 7.88. The zero-order valence-corrected chi connectivity index (χ0v) is 12.0. The zero-order valence-electron chi connectivity index (χ0n) is 11.2. The standard InChI is InChI=1S/C13H17N3O3S/c1-16-7-6-13(15-16)8-14-20(18,19)10-12-4-2-11(9-17)3-5-12/h2-7,14,17H,8-10H2,1H3. The average Bonchev–Trinajstić information content (AvgIpc) is 2.83. The smallest absolute Gasteiger partial charge is 0.216 e. The Morgan fingerprint density at radius 2 is 1.85 bits per heavy atom. The number of aliphatic hydroxyl groups excluding tert-OH is 1. The molecule has 0 fully saturated rings.